The highest BCUT2D eigenvalue weighted by Gasteiger charge is 2.16. The summed E-state index contributed by atoms with van der Waals surface area (Å²) in [5, 5.41) is 10.4. The number of hydrazine groups is 3. The first kappa shape index (κ1) is 37.2. The van der Waals surface area contributed by atoms with E-state index < -0.39 is 0 Å². The van der Waals surface area contributed by atoms with Gasteiger partial charge in [-0.1, -0.05) is 112 Å². The molecule has 7 rings (SSSR count). The highest BCUT2D eigenvalue weighted by atomic mass is 15.5. The topological polar surface area (TPSA) is 75.4 Å². The van der Waals surface area contributed by atoms with Gasteiger partial charge < -0.3 is 27.0 Å². The summed E-state index contributed by atoms with van der Waals surface area (Å²) in [6.45, 7) is 10.5. The molecule has 6 N–H and O–H groups in total. The van der Waals surface area contributed by atoms with Crippen molar-refractivity contribution in [3.63, 3.8) is 0 Å². The van der Waals surface area contributed by atoms with E-state index in [1.165, 1.54) is 48.4 Å². The normalized spacial score (nSPS) is 13.7. The van der Waals surface area contributed by atoms with Gasteiger partial charge in [-0.3, -0.25) is 10.4 Å². The van der Waals surface area contributed by atoms with Crippen molar-refractivity contribution >= 4 is 67.4 Å². The van der Waals surface area contributed by atoms with Gasteiger partial charge in [0.25, 0.3) is 0 Å². The maximum Gasteiger partial charge on any atom is 0.0648 e. The first-order valence-corrected chi connectivity index (χ1v) is 19.8. The maximum absolute atomic E-state index is 3.92. The largest absolute Gasteiger partial charge is 0.382 e. The third-order valence-corrected chi connectivity index (χ3v) is 11.1. The van der Waals surface area contributed by atoms with E-state index in [1.807, 2.05) is 6.08 Å². The Morgan fingerprint density at radius 3 is 1.96 bits per heavy atom. The third-order valence-electron chi connectivity index (χ3n) is 11.1. The summed E-state index contributed by atoms with van der Waals surface area (Å²) in [4.78, 5) is 0. The van der Waals surface area contributed by atoms with Gasteiger partial charge >= 0.3 is 0 Å². The Balaban J connectivity index is 1.07. The molecular formula is C48H55N7. The van der Waals surface area contributed by atoms with E-state index in [4.69, 9.17) is 0 Å². The van der Waals surface area contributed by atoms with Gasteiger partial charge in [-0.15, -0.1) is 0 Å². The summed E-state index contributed by atoms with van der Waals surface area (Å²) < 4.78 is 0. The van der Waals surface area contributed by atoms with E-state index in [2.05, 4.69) is 187 Å². The van der Waals surface area contributed by atoms with Crippen LogP contribution in [-0.2, 0) is 0 Å². The van der Waals surface area contributed by atoms with Gasteiger partial charge in [0.2, 0.25) is 0 Å². The summed E-state index contributed by atoms with van der Waals surface area (Å²) in [5.74, 6) is 0.701. The molecule has 1 fully saturated rings. The predicted octanol–water partition coefficient (Wildman–Crippen LogP) is 13.1. The van der Waals surface area contributed by atoms with Gasteiger partial charge in [0.15, 0.2) is 0 Å². The Kier molecular flexibility index (Phi) is 11.8. The molecule has 1 atom stereocenters. The van der Waals surface area contributed by atoms with Gasteiger partial charge in [0, 0.05) is 45.9 Å². The molecule has 1 unspecified atom stereocenters. The molecule has 0 bridgehead atoms. The van der Waals surface area contributed by atoms with Crippen molar-refractivity contribution in [1.29, 1.82) is 0 Å². The minimum Gasteiger partial charge on any atom is -0.382 e. The van der Waals surface area contributed by atoms with Crippen LogP contribution in [0.15, 0.2) is 128 Å². The van der Waals surface area contributed by atoms with Gasteiger partial charge in [-0.2, -0.15) is 0 Å². The number of nitrogens with zero attached hydrogens (tertiary/aromatic N) is 1. The van der Waals surface area contributed by atoms with E-state index in [9.17, 15) is 0 Å². The highest BCUT2D eigenvalue weighted by molar-refractivity contribution is 6.05. The van der Waals surface area contributed by atoms with Crippen molar-refractivity contribution in [3.05, 3.63) is 145 Å². The minimum absolute atomic E-state index is 0.398. The fraction of sp³-hybridized carbons (Fsp3) is 0.250. The zero-order chi connectivity index (χ0) is 38.1. The number of benzene rings is 6. The molecule has 0 saturated heterocycles. The quantitative estimate of drug-likeness (QED) is 0.0464. The van der Waals surface area contributed by atoms with Crippen molar-refractivity contribution in [1.82, 2.24) is 0 Å². The molecule has 0 amide bonds. The van der Waals surface area contributed by atoms with Crippen LogP contribution in [0.2, 0.25) is 0 Å². The molecule has 1 saturated carbocycles. The van der Waals surface area contributed by atoms with Crippen LogP contribution < -0.4 is 37.5 Å². The van der Waals surface area contributed by atoms with Crippen molar-refractivity contribution < 1.29 is 0 Å². The Morgan fingerprint density at radius 2 is 1.25 bits per heavy atom. The zero-order valence-electron chi connectivity index (χ0n) is 32.7. The van der Waals surface area contributed by atoms with Gasteiger partial charge in [0.1, 0.15) is 0 Å². The van der Waals surface area contributed by atoms with Crippen LogP contribution in [0.4, 0.5) is 39.8 Å². The smallest absolute Gasteiger partial charge is 0.0648 e. The number of rotatable bonds is 15. The number of hydrogen-bond acceptors (Lipinski definition) is 7. The second-order valence-electron chi connectivity index (χ2n) is 14.8. The van der Waals surface area contributed by atoms with Crippen molar-refractivity contribution in [3.8, 4) is 0 Å². The third kappa shape index (κ3) is 8.52. The molecule has 1 aliphatic rings. The molecule has 6 aromatic carbocycles. The second-order valence-corrected chi connectivity index (χ2v) is 14.8. The SMILES string of the molecule is C=C/C=C\c1c(NNc2ccc(N(C)Nc3ccc(NC(C)CC)c4ccccc34)c3ccccc23)ccc(NNc2ccc(C3CCCCC3)cc2)c1C. The van der Waals surface area contributed by atoms with E-state index >= 15 is 0 Å². The summed E-state index contributed by atoms with van der Waals surface area (Å²) in [5.41, 5.74) is 28.5. The Morgan fingerprint density at radius 1 is 0.673 bits per heavy atom. The molecule has 0 aliphatic heterocycles. The molecule has 7 heteroatoms. The molecular weight excluding hydrogens is 675 g/mol. The van der Waals surface area contributed by atoms with Crippen molar-refractivity contribution in [2.75, 3.05) is 44.5 Å². The molecule has 0 aromatic heterocycles. The lowest BCUT2D eigenvalue weighted by Crippen LogP contribution is -2.25. The second kappa shape index (κ2) is 17.4. The average molecular weight is 730 g/mol. The number of allylic oxidation sites excluding steroid dienone is 2. The molecule has 7 nitrogen and oxygen atoms in total. The monoisotopic (exact) mass is 729 g/mol. The summed E-state index contributed by atoms with van der Waals surface area (Å²) in [6.07, 6.45) is 13.6. The minimum atomic E-state index is 0.398. The predicted molar refractivity (Wildman–Crippen MR) is 240 cm³/mol. The zero-order valence-corrected chi connectivity index (χ0v) is 32.7. The molecule has 0 heterocycles. The first-order chi connectivity index (χ1) is 26.9. The molecule has 282 valence electrons. The van der Waals surface area contributed by atoms with Crippen LogP contribution in [-0.4, -0.2) is 13.1 Å². The summed E-state index contributed by atoms with van der Waals surface area (Å²) in [6, 6.07) is 39.2. The molecule has 0 radical (unpaired) electrons. The lowest BCUT2D eigenvalue weighted by molar-refractivity contribution is 0.443. The van der Waals surface area contributed by atoms with Crippen LogP contribution in [0, 0.1) is 6.92 Å². The Labute approximate surface area is 326 Å². The van der Waals surface area contributed by atoms with Crippen LogP contribution in [0.5, 0.6) is 0 Å². The fourth-order valence-corrected chi connectivity index (χ4v) is 7.72. The molecule has 0 spiro atoms. The Bertz CT molecular complexity index is 2270. The van der Waals surface area contributed by atoms with E-state index in [1.54, 1.807) is 6.08 Å². The Hall–Kier alpha value is -6.08. The standard InChI is InChI=1S/C48H55N7/c1-6-8-18-38-34(4)43(51-50-37-25-23-36(24-26-37)35-16-10-9-11-17-35)27-29-45(38)52-53-46-31-32-48(42-22-15-14-21-41(42)46)55(5)54-47-30-28-44(49-33(3)7-2)39-19-12-13-20-40(39)47/h6,8,12-15,18-33,35,49-54H,1,7,9-11,16-17H2,2-5H3/b18-8-. The lowest BCUT2D eigenvalue weighted by Gasteiger charge is -2.26. The molecule has 1 aliphatic carbocycles. The van der Waals surface area contributed by atoms with Gasteiger partial charge in [0.05, 0.1) is 34.1 Å². The van der Waals surface area contributed by atoms with E-state index in [-0.39, 0.29) is 0 Å². The summed E-state index contributed by atoms with van der Waals surface area (Å²) in [7, 11) is 2.07. The number of anilines is 7. The fourth-order valence-electron chi connectivity index (χ4n) is 7.72. The molecule has 6 aromatic rings. The van der Waals surface area contributed by atoms with Crippen molar-refractivity contribution in [2.24, 2.45) is 0 Å². The van der Waals surface area contributed by atoms with E-state index in [0.717, 1.165) is 68.1 Å². The van der Waals surface area contributed by atoms with Gasteiger partial charge in [-0.05, 0) is 98.7 Å². The highest BCUT2D eigenvalue weighted by Crippen LogP contribution is 2.36. The maximum atomic E-state index is 3.92. The van der Waals surface area contributed by atoms with E-state index in [0.29, 0.717) is 12.0 Å². The number of fused-ring (bicyclic) bond motifs is 2. The van der Waals surface area contributed by atoms with Crippen LogP contribution in [0.3, 0.4) is 0 Å². The molecule has 55 heavy (non-hydrogen) atoms. The van der Waals surface area contributed by atoms with Crippen LogP contribution in [0.1, 0.15) is 75.0 Å². The van der Waals surface area contributed by atoms with Crippen LogP contribution >= 0.6 is 0 Å². The lowest BCUT2D eigenvalue weighted by atomic mass is 9.84. The van der Waals surface area contributed by atoms with Crippen LogP contribution in [0.25, 0.3) is 27.6 Å². The van der Waals surface area contributed by atoms with Crippen molar-refractivity contribution in [2.45, 2.75) is 71.3 Å². The number of hydrogen-bond donors (Lipinski definition) is 6. The van der Waals surface area contributed by atoms with Gasteiger partial charge in [-0.25, -0.2) is 0 Å². The number of nitrogens with one attached hydrogen (secondary N) is 6. The summed E-state index contributed by atoms with van der Waals surface area (Å²) >= 11 is 0. The first-order valence-electron chi connectivity index (χ1n) is 19.8. The average Bonchev–Trinajstić information content (AvgIpc) is 3.23.